The number of carbonyl (C=O) groups is 3. The average molecular weight is 398 g/mol. The number of halogens is 2. The Morgan fingerprint density at radius 1 is 1.29 bits per heavy atom. The van der Waals surface area contributed by atoms with Crippen molar-refractivity contribution in [3.63, 3.8) is 0 Å². The number of carbonyl (C=O) groups excluding carboxylic acids is 3. The van der Waals surface area contributed by atoms with E-state index < -0.39 is 47.5 Å². The third-order valence-corrected chi connectivity index (χ3v) is 4.83. The van der Waals surface area contributed by atoms with Crippen molar-refractivity contribution in [2.24, 2.45) is 5.92 Å². The summed E-state index contributed by atoms with van der Waals surface area (Å²) in [5.41, 5.74) is -0.0144. The fourth-order valence-electron chi connectivity index (χ4n) is 3.50. The minimum Gasteiger partial charge on any atom is -0.468 e. The molecule has 1 fully saturated rings. The average Bonchev–Trinajstić information content (AvgIpc) is 3.00. The molecule has 0 saturated carbocycles. The second-order valence-corrected chi connectivity index (χ2v) is 6.48. The topological polar surface area (TPSA) is 84.9 Å². The van der Waals surface area contributed by atoms with Crippen LogP contribution in [0.5, 0.6) is 0 Å². The molecular formula is C19H24F2N2O5. The van der Waals surface area contributed by atoms with Gasteiger partial charge in [-0.3, -0.25) is 19.3 Å². The third-order valence-electron chi connectivity index (χ3n) is 4.83. The Labute approximate surface area is 162 Å². The van der Waals surface area contributed by atoms with E-state index in [1.54, 1.807) is 14.0 Å². The second-order valence-electron chi connectivity index (χ2n) is 6.48. The summed E-state index contributed by atoms with van der Waals surface area (Å²) < 4.78 is 37.7. The van der Waals surface area contributed by atoms with Gasteiger partial charge in [-0.05, 0) is 26.5 Å². The number of methoxy groups -OCH3 is 1. The first-order valence-electron chi connectivity index (χ1n) is 8.98. The molecule has 0 aromatic heterocycles. The van der Waals surface area contributed by atoms with E-state index in [0.29, 0.717) is 0 Å². The van der Waals surface area contributed by atoms with Gasteiger partial charge in [0.2, 0.25) is 5.91 Å². The summed E-state index contributed by atoms with van der Waals surface area (Å²) in [7, 11) is 2.78. The van der Waals surface area contributed by atoms with Crippen LogP contribution in [-0.4, -0.2) is 56.1 Å². The molecule has 28 heavy (non-hydrogen) atoms. The van der Waals surface area contributed by atoms with Crippen molar-refractivity contribution in [1.29, 1.82) is 0 Å². The highest BCUT2D eigenvalue weighted by Crippen LogP contribution is 2.41. The van der Waals surface area contributed by atoms with E-state index in [2.05, 4.69) is 5.32 Å². The van der Waals surface area contributed by atoms with Crippen LogP contribution in [0.4, 0.5) is 8.78 Å². The van der Waals surface area contributed by atoms with Gasteiger partial charge in [-0.25, -0.2) is 8.78 Å². The number of amides is 1. The molecule has 1 N–H and O–H groups in total. The quantitative estimate of drug-likeness (QED) is 0.702. The first-order valence-corrected chi connectivity index (χ1v) is 8.98. The van der Waals surface area contributed by atoms with Crippen molar-refractivity contribution in [3.05, 3.63) is 35.4 Å². The molecule has 0 unspecified atom stereocenters. The van der Waals surface area contributed by atoms with Gasteiger partial charge in [-0.1, -0.05) is 12.1 Å². The summed E-state index contributed by atoms with van der Waals surface area (Å²) >= 11 is 0. The van der Waals surface area contributed by atoms with Crippen molar-refractivity contribution in [2.75, 3.05) is 27.3 Å². The van der Waals surface area contributed by atoms with Crippen molar-refractivity contribution in [3.8, 4) is 0 Å². The van der Waals surface area contributed by atoms with Gasteiger partial charge in [0.1, 0.15) is 6.04 Å². The van der Waals surface area contributed by atoms with E-state index in [0.717, 1.165) is 6.07 Å². The zero-order valence-electron chi connectivity index (χ0n) is 16.0. The van der Waals surface area contributed by atoms with E-state index in [9.17, 15) is 23.2 Å². The zero-order valence-corrected chi connectivity index (χ0v) is 16.0. The third kappa shape index (κ3) is 4.64. The molecule has 1 heterocycles. The van der Waals surface area contributed by atoms with Crippen LogP contribution in [0.3, 0.4) is 0 Å². The second kappa shape index (κ2) is 9.59. The molecular weight excluding hydrogens is 374 g/mol. The standard InChI is InChI=1S/C19H24F2N2O5/c1-4-28-15(24)8-9-22-18(25)12-10-14(19(26)27-3)23(2)17(12)11-6-5-7-13(20)16(11)21/h5-7,12,14,17H,4,8-10H2,1-3H3,(H,22,25)/t12-,14-,17-/m0/s1. The van der Waals surface area contributed by atoms with E-state index in [4.69, 9.17) is 9.47 Å². The van der Waals surface area contributed by atoms with Crippen LogP contribution in [0.25, 0.3) is 0 Å². The Hall–Kier alpha value is -2.55. The fourth-order valence-corrected chi connectivity index (χ4v) is 3.50. The van der Waals surface area contributed by atoms with Crippen LogP contribution in [-0.2, 0) is 23.9 Å². The molecule has 1 aliphatic rings. The Morgan fingerprint density at radius 3 is 2.64 bits per heavy atom. The first-order chi connectivity index (χ1) is 13.3. The van der Waals surface area contributed by atoms with Crippen LogP contribution in [0.2, 0.25) is 0 Å². The summed E-state index contributed by atoms with van der Waals surface area (Å²) in [4.78, 5) is 37.7. The van der Waals surface area contributed by atoms with Gasteiger partial charge < -0.3 is 14.8 Å². The highest BCUT2D eigenvalue weighted by Gasteiger charge is 2.47. The van der Waals surface area contributed by atoms with E-state index in [1.165, 1.54) is 24.1 Å². The maximum atomic E-state index is 14.4. The zero-order chi connectivity index (χ0) is 20.8. The number of nitrogens with one attached hydrogen (secondary N) is 1. The summed E-state index contributed by atoms with van der Waals surface area (Å²) in [6.07, 6.45) is 0.0661. The lowest BCUT2D eigenvalue weighted by Crippen LogP contribution is -2.37. The Morgan fingerprint density at radius 2 is 2.00 bits per heavy atom. The molecule has 1 aromatic carbocycles. The Kier molecular flexibility index (Phi) is 7.45. The molecule has 0 spiro atoms. The lowest BCUT2D eigenvalue weighted by atomic mass is 9.91. The SMILES string of the molecule is CCOC(=O)CCNC(=O)[C@H]1C[C@@H](C(=O)OC)N(C)[C@H]1c1cccc(F)c1F. The number of likely N-dealkylation sites (N-methyl/N-ethyl adjacent to an activating group) is 1. The fraction of sp³-hybridized carbons (Fsp3) is 0.526. The largest absolute Gasteiger partial charge is 0.468 e. The van der Waals surface area contributed by atoms with Crippen molar-refractivity contribution >= 4 is 17.8 Å². The summed E-state index contributed by atoms with van der Waals surface area (Å²) in [6.45, 7) is 1.96. The molecule has 0 bridgehead atoms. The highest BCUT2D eigenvalue weighted by molar-refractivity contribution is 5.84. The van der Waals surface area contributed by atoms with Gasteiger partial charge in [0.15, 0.2) is 11.6 Å². The molecule has 0 aliphatic carbocycles. The molecule has 9 heteroatoms. The molecule has 154 valence electrons. The number of esters is 2. The number of rotatable bonds is 7. The van der Waals surface area contributed by atoms with Crippen LogP contribution >= 0.6 is 0 Å². The molecule has 1 aliphatic heterocycles. The van der Waals surface area contributed by atoms with E-state index >= 15 is 0 Å². The van der Waals surface area contributed by atoms with Gasteiger partial charge in [0, 0.05) is 18.2 Å². The summed E-state index contributed by atoms with van der Waals surface area (Å²) in [5.74, 6) is -4.40. The minimum absolute atomic E-state index is 0.0123. The number of likely N-dealkylation sites (tertiary alicyclic amines) is 1. The van der Waals surface area contributed by atoms with Gasteiger partial charge >= 0.3 is 11.9 Å². The lowest BCUT2D eigenvalue weighted by molar-refractivity contribution is -0.146. The predicted molar refractivity (Wildman–Crippen MR) is 95.0 cm³/mol. The Balaban J connectivity index is 2.23. The van der Waals surface area contributed by atoms with E-state index in [1.807, 2.05) is 0 Å². The Bertz CT molecular complexity index is 743. The molecule has 7 nitrogen and oxygen atoms in total. The monoisotopic (exact) mass is 398 g/mol. The number of benzene rings is 1. The number of hydrogen-bond acceptors (Lipinski definition) is 6. The smallest absolute Gasteiger partial charge is 0.323 e. The van der Waals surface area contributed by atoms with Crippen LogP contribution < -0.4 is 5.32 Å². The number of nitrogens with zero attached hydrogens (tertiary/aromatic N) is 1. The summed E-state index contributed by atoms with van der Waals surface area (Å²) in [5, 5.41) is 2.61. The van der Waals surface area contributed by atoms with Crippen LogP contribution in [0, 0.1) is 17.6 Å². The van der Waals surface area contributed by atoms with Crippen LogP contribution in [0.15, 0.2) is 18.2 Å². The van der Waals surface area contributed by atoms with Gasteiger partial charge in [0.05, 0.1) is 26.1 Å². The maximum Gasteiger partial charge on any atom is 0.323 e. The minimum atomic E-state index is -1.06. The molecule has 2 rings (SSSR count). The molecule has 1 saturated heterocycles. The number of ether oxygens (including phenoxy) is 2. The first kappa shape index (κ1) is 21.7. The predicted octanol–water partition coefficient (Wildman–Crippen LogP) is 1.57. The maximum absolute atomic E-state index is 14.4. The molecule has 0 radical (unpaired) electrons. The van der Waals surface area contributed by atoms with Gasteiger partial charge in [-0.2, -0.15) is 0 Å². The van der Waals surface area contributed by atoms with Crippen molar-refractivity contribution in [2.45, 2.75) is 31.8 Å². The number of hydrogen-bond donors (Lipinski definition) is 1. The van der Waals surface area contributed by atoms with Crippen LogP contribution in [0.1, 0.15) is 31.4 Å². The molecule has 1 amide bonds. The van der Waals surface area contributed by atoms with Crippen molar-refractivity contribution < 1.29 is 32.6 Å². The van der Waals surface area contributed by atoms with Crippen molar-refractivity contribution in [1.82, 2.24) is 10.2 Å². The molecule has 3 atom stereocenters. The van der Waals surface area contributed by atoms with Gasteiger partial charge in [-0.15, -0.1) is 0 Å². The normalized spacial score (nSPS) is 22.0. The lowest BCUT2D eigenvalue weighted by Gasteiger charge is -2.27. The van der Waals surface area contributed by atoms with E-state index in [-0.39, 0.29) is 31.6 Å². The highest BCUT2D eigenvalue weighted by atomic mass is 19.2. The summed E-state index contributed by atoms with van der Waals surface area (Å²) in [6, 6.07) is 2.09. The van der Waals surface area contributed by atoms with Gasteiger partial charge in [0.25, 0.3) is 0 Å². The molecule has 1 aromatic rings.